The SMILES string of the molecule is CC(C)Cc1ccc2c(c1)CCC2O. The van der Waals surface area contributed by atoms with Gasteiger partial charge in [0.05, 0.1) is 6.10 Å². The summed E-state index contributed by atoms with van der Waals surface area (Å²) in [6.07, 6.45) is 2.88. The Morgan fingerprint density at radius 3 is 2.93 bits per heavy atom. The molecule has 2 rings (SSSR count). The Hall–Kier alpha value is -0.820. The molecule has 1 aromatic carbocycles. The van der Waals surface area contributed by atoms with E-state index in [4.69, 9.17) is 0 Å². The van der Waals surface area contributed by atoms with Gasteiger partial charge < -0.3 is 5.11 Å². The molecule has 1 aliphatic rings. The first-order valence-corrected chi connectivity index (χ1v) is 5.46. The van der Waals surface area contributed by atoms with Crippen LogP contribution in [0.5, 0.6) is 0 Å². The maximum Gasteiger partial charge on any atom is 0.0795 e. The number of hydrogen-bond donors (Lipinski definition) is 1. The van der Waals surface area contributed by atoms with E-state index < -0.39 is 0 Å². The van der Waals surface area contributed by atoms with Crippen LogP contribution in [-0.4, -0.2) is 5.11 Å². The molecular weight excluding hydrogens is 172 g/mol. The highest BCUT2D eigenvalue weighted by Crippen LogP contribution is 2.31. The number of benzene rings is 1. The fourth-order valence-electron chi connectivity index (χ4n) is 2.25. The molecule has 1 aliphatic carbocycles. The van der Waals surface area contributed by atoms with Crippen LogP contribution in [-0.2, 0) is 12.8 Å². The molecule has 14 heavy (non-hydrogen) atoms. The van der Waals surface area contributed by atoms with Crippen LogP contribution < -0.4 is 0 Å². The van der Waals surface area contributed by atoms with E-state index in [1.807, 2.05) is 0 Å². The molecule has 1 nitrogen and oxygen atoms in total. The van der Waals surface area contributed by atoms with E-state index in [1.165, 1.54) is 11.1 Å². The summed E-state index contributed by atoms with van der Waals surface area (Å²) in [5.41, 5.74) is 3.92. The van der Waals surface area contributed by atoms with Gasteiger partial charge in [0.2, 0.25) is 0 Å². The number of fused-ring (bicyclic) bond motifs is 1. The summed E-state index contributed by atoms with van der Waals surface area (Å²) in [5.74, 6) is 0.708. The van der Waals surface area contributed by atoms with Crippen LogP contribution in [0.25, 0.3) is 0 Å². The summed E-state index contributed by atoms with van der Waals surface area (Å²) in [6, 6.07) is 6.53. The van der Waals surface area contributed by atoms with Crippen molar-refractivity contribution in [3.05, 3.63) is 34.9 Å². The van der Waals surface area contributed by atoms with Crippen LogP contribution in [0, 0.1) is 5.92 Å². The predicted octanol–water partition coefficient (Wildman–Crippen LogP) is 2.86. The molecule has 1 unspecified atom stereocenters. The van der Waals surface area contributed by atoms with Crippen molar-refractivity contribution in [3.8, 4) is 0 Å². The number of aliphatic hydroxyl groups excluding tert-OH is 1. The monoisotopic (exact) mass is 190 g/mol. The Kier molecular flexibility index (Phi) is 2.60. The molecule has 0 radical (unpaired) electrons. The maximum absolute atomic E-state index is 9.65. The third-order valence-corrected chi connectivity index (χ3v) is 2.90. The minimum absolute atomic E-state index is 0.210. The fraction of sp³-hybridized carbons (Fsp3) is 0.538. The Morgan fingerprint density at radius 1 is 1.43 bits per heavy atom. The van der Waals surface area contributed by atoms with Gasteiger partial charge in [-0.05, 0) is 41.9 Å². The van der Waals surface area contributed by atoms with Crippen molar-refractivity contribution < 1.29 is 5.11 Å². The number of hydrogen-bond acceptors (Lipinski definition) is 1. The summed E-state index contributed by atoms with van der Waals surface area (Å²) in [7, 11) is 0. The van der Waals surface area contributed by atoms with Crippen LogP contribution in [0.1, 0.15) is 43.1 Å². The van der Waals surface area contributed by atoms with Gasteiger partial charge in [-0.15, -0.1) is 0 Å². The van der Waals surface area contributed by atoms with E-state index in [0.29, 0.717) is 5.92 Å². The lowest BCUT2D eigenvalue weighted by Gasteiger charge is -2.08. The van der Waals surface area contributed by atoms with Crippen molar-refractivity contribution in [2.75, 3.05) is 0 Å². The highest BCUT2D eigenvalue weighted by molar-refractivity contribution is 5.37. The second kappa shape index (κ2) is 3.74. The predicted molar refractivity (Wildman–Crippen MR) is 58.3 cm³/mol. The van der Waals surface area contributed by atoms with E-state index in [9.17, 15) is 5.11 Å². The zero-order valence-electron chi connectivity index (χ0n) is 8.96. The normalized spacial score (nSPS) is 20.1. The minimum atomic E-state index is -0.210. The van der Waals surface area contributed by atoms with E-state index in [-0.39, 0.29) is 6.10 Å². The molecule has 0 saturated carbocycles. The van der Waals surface area contributed by atoms with Crippen molar-refractivity contribution in [1.82, 2.24) is 0 Å². The molecule has 0 saturated heterocycles. The van der Waals surface area contributed by atoms with E-state index in [1.54, 1.807) is 0 Å². The first-order valence-electron chi connectivity index (χ1n) is 5.46. The molecule has 76 valence electrons. The van der Waals surface area contributed by atoms with Gasteiger partial charge in [-0.1, -0.05) is 32.0 Å². The second-order valence-electron chi connectivity index (χ2n) is 4.69. The molecule has 0 aliphatic heterocycles. The maximum atomic E-state index is 9.65. The zero-order valence-corrected chi connectivity index (χ0v) is 8.96. The van der Waals surface area contributed by atoms with E-state index >= 15 is 0 Å². The van der Waals surface area contributed by atoms with E-state index in [2.05, 4.69) is 32.0 Å². The quantitative estimate of drug-likeness (QED) is 0.760. The molecular formula is C13H18O. The third kappa shape index (κ3) is 1.83. The first-order chi connectivity index (χ1) is 6.66. The third-order valence-electron chi connectivity index (χ3n) is 2.90. The largest absolute Gasteiger partial charge is 0.388 e. The van der Waals surface area contributed by atoms with Gasteiger partial charge in [0, 0.05) is 0 Å². The minimum Gasteiger partial charge on any atom is -0.388 e. The van der Waals surface area contributed by atoms with Crippen molar-refractivity contribution in [3.63, 3.8) is 0 Å². The number of rotatable bonds is 2. The lowest BCUT2D eigenvalue weighted by Crippen LogP contribution is -1.96. The lowest BCUT2D eigenvalue weighted by molar-refractivity contribution is 0.180. The van der Waals surface area contributed by atoms with Crippen LogP contribution >= 0.6 is 0 Å². The molecule has 0 bridgehead atoms. The number of aliphatic hydroxyl groups is 1. The van der Waals surface area contributed by atoms with Crippen LogP contribution in [0.15, 0.2) is 18.2 Å². The van der Waals surface area contributed by atoms with Gasteiger partial charge in [-0.25, -0.2) is 0 Å². The molecule has 0 fully saturated rings. The van der Waals surface area contributed by atoms with Crippen molar-refractivity contribution in [2.45, 2.75) is 39.2 Å². The van der Waals surface area contributed by atoms with Crippen molar-refractivity contribution in [1.29, 1.82) is 0 Å². The van der Waals surface area contributed by atoms with Gasteiger partial charge in [0.1, 0.15) is 0 Å². The molecule has 0 heterocycles. The van der Waals surface area contributed by atoms with Gasteiger partial charge in [0.15, 0.2) is 0 Å². The van der Waals surface area contributed by atoms with Gasteiger partial charge in [0.25, 0.3) is 0 Å². The van der Waals surface area contributed by atoms with E-state index in [0.717, 1.165) is 24.8 Å². The second-order valence-corrected chi connectivity index (χ2v) is 4.69. The number of aryl methyl sites for hydroxylation is 1. The highest BCUT2D eigenvalue weighted by Gasteiger charge is 2.19. The smallest absolute Gasteiger partial charge is 0.0795 e. The highest BCUT2D eigenvalue weighted by atomic mass is 16.3. The zero-order chi connectivity index (χ0) is 10.1. The molecule has 0 amide bonds. The summed E-state index contributed by atoms with van der Waals surface area (Å²) in [6.45, 7) is 4.48. The summed E-state index contributed by atoms with van der Waals surface area (Å²) < 4.78 is 0. The molecule has 1 aromatic rings. The molecule has 1 N–H and O–H groups in total. The first kappa shape index (κ1) is 9.72. The molecule has 1 atom stereocenters. The van der Waals surface area contributed by atoms with Gasteiger partial charge in [-0.3, -0.25) is 0 Å². The van der Waals surface area contributed by atoms with Gasteiger partial charge >= 0.3 is 0 Å². The van der Waals surface area contributed by atoms with Gasteiger partial charge in [-0.2, -0.15) is 0 Å². The Balaban J connectivity index is 2.24. The average molecular weight is 190 g/mol. The van der Waals surface area contributed by atoms with Crippen molar-refractivity contribution >= 4 is 0 Å². The summed E-state index contributed by atoms with van der Waals surface area (Å²) in [5, 5.41) is 9.65. The fourth-order valence-corrected chi connectivity index (χ4v) is 2.25. The Morgan fingerprint density at radius 2 is 2.21 bits per heavy atom. The summed E-state index contributed by atoms with van der Waals surface area (Å²) >= 11 is 0. The summed E-state index contributed by atoms with van der Waals surface area (Å²) in [4.78, 5) is 0. The Labute approximate surface area is 85.8 Å². The van der Waals surface area contributed by atoms with Crippen molar-refractivity contribution in [2.24, 2.45) is 5.92 Å². The average Bonchev–Trinajstić information content (AvgIpc) is 2.46. The molecule has 0 aromatic heterocycles. The lowest BCUT2D eigenvalue weighted by atomic mass is 9.99. The topological polar surface area (TPSA) is 20.2 Å². The van der Waals surface area contributed by atoms with Crippen LogP contribution in [0.2, 0.25) is 0 Å². The standard InChI is InChI=1S/C13H18O/c1-9(2)7-10-3-5-12-11(8-10)4-6-13(12)14/h3,5,8-9,13-14H,4,6-7H2,1-2H3. The van der Waals surface area contributed by atoms with Crippen LogP contribution in [0.3, 0.4) is 0 Å². The molecule has 1 heteroatoms. The Bertz CT molecular complexity index is 328. The van der Waals surface area contributed by atoms with Crippen LogP contribution in [0.4, 0.5) is 0 Å². The molecule has 0 spiro atoms.